The Morgan fingerprint density at radius 3 is 2.96 bits per heavy atom. The molecule has 1 aromatic carbocycles. The molecule has 0 fully saturated rings. The number of fused-ring (bicyclic) bond motifs is 1. The molecule has 0 saturated heterocycles. The molecule has 1 aromatic heterocycles. The fourth-order valence-corrected chi connectivity index (χ4v) is 2.99. The topological polar surface area (TPSA) is 93.7 Å². The van der Waals surface area contributed by atoms with Crippen LogP contribution in [0.1, 0.15) is 11.1 Å². The lowest BCUT2D eigenvalue weighted by Gasteiger charge is -2.30. The first-order valence-electron chi connectivity index (χ1n) is 7.78. The number of aliphatic hydroxyl groups excluding tert-OH is 1. The largest absolute Gasteiger partial charge is 0.497 e. The Balaban J connectivity index is 1.58. The average Bonchev–Trinajstić information content (AvgIpc) is 3.02. The highest BCUT2D eigenvalue weighted by atomic mass is 16.6. The summed E-state index contributed by atoms with van der Waals surface area (Å²) in [6.07, 6.45) is 2.81. The molecule has 1 N–H and O–H groups in total. The smallest absolute Gasteiger partial charge is 0.306 e. The van der Waals surface area contributed by atoms with Crippen LogP contribution >= 0.6 is 0 Å². The zero-order valence-electron chi connectivity index (χ0n) is 13.5. The molecule has 8 nitrogen and oxygen atoms in total. The van der Waals surface area contributed by atoms with Crippen LogP contribution in [0.5, 0.6) is 5.75 Å². The molecule has 24 heavy (non-hydrogen) atoms. The molecule has 1 atom stereocenters. The number of hydrogen-bond acceptors (Lipinski definition) is 6. The minimum atomic E-state index is -0.642. The van der Waals surface area contributed by atoms with Gasteiger partial charge >= 0.3 is 5.69 Å². The Hall–Kier alpha value is -2.45. The van der Waals surface area contributed by atoms with Gasteiger partial charge in [0, 0.05) is 19.6 Å². The molecule has 0 bridgehead atoms. The van der Waals surface area contributed by atoms with Gasteiger partial charge in [0.15, 0.2) is 0 Å². The number of benzene rings is 1. The van der Waals surface area contributed by atoms with Crippen molar-refractivity contribution < 1.29 is 14.8 Å². The van der Waals surface area contributed by atoms with Crippen molar-refractivity contribution in [3.05, 3.63) is 51.8 Å². The van der Waals surface area contributed by atoms with Gasteiger partial charge in [-0.3, -0.25) is 19.7 Å². The molecule has 3 rings (SSSR count). The van der Waals surface area contributed by atoms with Gasteiger partial charge in [-0.2, -0.15) is 5.10 Å². The van der Waals surface area contributed by atoms with Gasteiger partial charge < -0.3 is 9.84 Å². The molecule has 2 heterocycles. The van der Waals surface area contributed by atoms with E-state index in [-0.39, 0.29) is 12.2 Å². The van der Waals surface area contributed by atoms with Gasteiger partial charge in [-0.05, 0) is 29.7 Å². The van der Waals surface area contributed by atoms with Crippen LogP contribution in [0.2, 0.25) is 0 Å². The molecule has 128 valence electrons. The number of nitro groups is 1. The lowest BCUT2D eigenvalue weighted by atomic mass is 9.99. The molecule has 0 saturated carbocycles. The number of rotatable bonds is 6. The van der Waals surface area contributed by atoms with E-state index in [1.807, 2.05) is 12.1 Å². The highest BCUT2D eigenvalue weighted by Gasteiger charge is 2.20. The maximum absolute atomic E-state index is 10.7. The van der Waals surface area contributed by atoms with Crippen molar-refractivity contribution in [3.63, 3.8) is 0 Å². The Morgan fingerprint density at radius 2 is 2.25 bits per heavy atom. The summed E-state index contributed by atoms with van der Waals surface area (Å²) in [7, 11) is 1.65. The van der Waals surface area contributed by atoms with E-state index in [2.05, 4.69) is 16.1 Å². The molecule has 0 amide bonds. The average molecular weight is 332 g/mol. The third-order valence-corrected chi connectivity index (χ3v) is 4.20. The predicted octanol–water partition coefficient (Wildman–Crippen LogP) is 1.22. The fraction of sp³-hybridized carbons (Fsp3) is 0.438. The van der Waals surface area contributed by atoms with Crippen molar-refractivity contribution in [1.82, 2.24) is 14.7 Å². The van der Waals surface area contributed by atoms with E-state index in [4.69, 9.17) is 4.74 Å². The zero-order chi connectivity index (χ0) is 17.1. The van der Waals surface area contributed by atoms with Gasteiger partial charge in [-0.25, -0.2) is 0 Å². The standard InChI is InChI=1S/C16H20N4O4/c1-24-16-3-2-12-4-5-18(8-13(12)6-16)10-15(21)11-19-9-14(7-17-19)20(22)23/h2-3,6-7,9,15,21H,4-5,8,10-11H2,1H3. The molecule has 1 aliphatic heterocycles. The number of nitrogens with zero attached hydrogens (tertiary/aromatic N) is 4. The van der Waals surface area contributed by atoms with E-state index in [1.165, 1.54) is 28.2 Å². The minimum absolute atomic E-state index is 0.0683. The van der Waals surface area contributed by atoms with Gasteiger partial charge in [0.05, 0.1) is 24.7 Å². The van der Waals surface area contributed by atoms with Gasteiger partial charge in [0.1, 0.15) is 18.1 Å². The van der Waals surface area contributed by atoms with Crippen LogP contribution in [0.3, 0.4) is 0 Å². The van der Waals surface area contributed by atoms with Crippen LogP contribution in [0, 0.1) is 10.1 Å². The second-order valence-electron chi connectivity index (χ2n) is 5.95. The lowest BCUT2D eigenvalue weighted by Crippen LogP contribution is -2.38. The normalized spacial score (nSPS) is 15.8. The highest BCUT2D eigenvalue weighted by molar-refractivity contribution is 5.37. The van der Waals surface area contributed by atoms with E-state index in [1.54, 1.807) is 7.11 Å². The van der Waals surface area contributed by atoms with Crippen LogP contribution in [0.25, 0.3) is 0 Å². The van der Waals surface area contributed by atoms with Crippen molar-refractivity contribution in [2.45, 2.75) is 25.6 Å². The third-order valence-electron chi connectivity index (χ3n) is 4.20. The van der Waals surface area contributed by atoms with Crippen molar-refractivity contribution >= 4 is 5.69 Å². The summed E-state index contributed by atoms with van der Waals surface area (Å²) in [5.74, 6) is 0.833. The second-order valence-corrected chi connectivity index (χ2v) is 5.95. The van der Waals surface area contributed by atoms with Crippen LogP contribution in [-0.2, 0) is 19.5 Å². The SMILES string of the molecule is COc1ccc2c(c1)CN(CC(O)Cn1cc([N+](=O)[O-])cn1)CC2. The van der Waals surface area contributed by atoms with Gasteiger partial charge in [-0.1, -0.05) is 6.07 Å². The van der Waals surface area contributed by atoms with E-state index in [0.29, 0.717) is 6.54 Å². The first-order valence-corrected chi connectivity index (χ1v) is 7.78. The van der Waals surface area contributed by atoms with Crippen LogP contribution in [0.15, 0.2) is 30.6 Å². The Morgan fingerprint density at radius 1 is 1.42 bits per heavy atom. The van der Waals surface area contributed by atoms with E-state index < -0.39 is 11.0 Å². The predicted molar refractivity (Wildman–Crippen MR) is 86.9 cm³/mol. The molecule has 0 radical (unpaired) electrons. The summed E-state index contributed by atoms with van der Waals surface area (Å²) < 4.78 is 6.67. The maximum atomic E-state index is 10.7. The lowest BCUT2D eigenvalue weighted by molar-refractivity contribution is -0.385. The molecule has 1 aliphatic rings. The number of methoxy groups -OCH3 is 1. The summed E-state index contributed by atoms with van der Waals surface area (Å²) in [6.45, 7) is 2.35. The van der Waals surface area contributed by atoms with Gasteiger partial charge in [-0.15, -0.1) is 0 Å². The Labute approximate surface area is 139 Å². The molecule has 0 spiro atoms. The van der Waals surface area contributed by atoms with Gasteiger partial charge in [0.25, 0.3) is 0 Å². The van der Waals surface area contributed by atoms with Crippen molar-refractivity contribution in [2.75, 3.05) is 20.2 Å². The second kappa shape index (κ2) is 6.98. The number of aromatic nitrogens is 2. The number of hydrogen-bond donors (Lipinski definition) is 1. The van der Waals surface area contributed by atoms with Crippen LogP contribution < -0.4 is 4.74 Å². The molecule has 8 heteroatoms. The number of aliphatic hydroxyl groups is 1. The zero-order valence-corrected chi connectivity index (χ0v) is 13.5. The first kappa shape index (κ1) is 16.4. The van der Waals surface area contributed by atoms with E-state index in [0.717, 1.165) is 25.3 Å². The number of β-amino-alcohol motifs (C(OH)–C–C–N with tert-alkyl or cyclic N) is 1. The molecule has 2 aromatic rings. The van der Waals surface area contributed by atoms with Crippen LogP contribution in [-0.4, -0.2) is 51.0 Å². The Bertz CT molecular complexity index is 731. The molecular weight excluding hydrogens is 312 g/mol. The molecular formula is C16H20N4O4. The van der Waals surface area contributed by atoms with E-state index >= 15 is 0 Å². The highest BCUT2D eigenvalue weighted by Crippen LogP contribution is 2.23. The summed E-state index contributed by atoms with van der Waals surface area (Å²) >= 11 is 0. The number of ether oxygens (including phenoxy) is 1. The van der Waals surface area contributed by atoms with Crippen molar-refractivity contribution in [1.29, 1.82) is 0 Å². The summed E-state index contributed by atoms with van der Waals surface area (Å²) in [4.78, 5) is 12.3. The quantitative estimate of drug-likeness (QED) is 0.631. The maximum Gasteiger partial charge on any atom is 0.306 e. The minimum Gasteiger partial charge on any atom is -0.497 e. The summed E-state index contributed by atoms with van der Waals surface area (Å²) in [5.41, 5.74) is 2.45. The van der Waals surface area contributed by atoms with Gasteiger partial charge in [0.2, 0.25) is 0 Å². The molecule has 1 unspecified atom stereocenters. The molecule has 0 aliphatic carbocycles. The van der Waals surface area contributed by atoms with E-state index in [9.17, 15) is 15.2 Å². The summed E-state index contributed by atoms with van der Waals surface area (Å²) in [5, 5.41) is 24.8. The van der Waals surface area contributed by atoms with Crippen molar-refractivity contribution in [3.8, 4) is 5.75 Å². The monoisotopic (exact) mass is 332 g/mol. The Kier molecular flexibility index (Phi) is 4.77. The third kappa shape index (κ3) is 3.72. The van der Waals surface area contributed by atoms with Crippen molar-refractivity contribution in [2.24, 2.45) is 0 Å². The first-order chi connectivity index (χ1) is 11.5. The van der Waals surface area contributed by atoms with Crippen LogP contribution in [0.4, 0.5) is 5.69 Å². The summed E-state index contributed by atoms with van der Waals surface area (Å²) in [6, 6.07) is 6.09. The fourth-order valence-electron chi connectivity index (χ4n) is 2.99.